The van der Waals surface area contributed by atoms with Crippen LogP contribution in [-0.4, -0.2) is 41.9 Å². The monoisotopic (exact) mass is 508 g/mol. The molecule has 3 atom stereocenters. The number of benzene rings is 3. The summed E-state index contributed by atoms with van der Waals surface area (Å²) >= 11 is 0. The molecule has 3 aliphatic rings. The second-order valence-corrected chi connectivity index (χ2v) is 9.63. The highest BCUT2D eigenvalue weighted by atomic mass is 16.6. The van der Waals surface area contributed by atoms with Crippen molar-refractivity contribution in [3.8, 4) is 11.5 Å². The number of hydrogen-bond donors (Lipinski definition) is 0. The molecule has 192 valence electrons. The summed E-state index contributed by atoms with van der Waals surface area (Å²) in [5, 5.41) is 6.36. The van der Waals surface area contributed by atoms with E-state index < -0.39 is 18.7 Å². The highest BCUT2D eigenvalue weighted by Gasteiger charge is 2.44. The van der Waals surface area contributed by atoms with Gasteiger partial charge in [-0.3, -0.25) is 4.79 Å². The van der Waals surface area contributed by atoms with E-state index in [1.165, 1.54) is 5.01 Å². The number of amides is 1. The van der Waals surface area contributed by atoms with Crippen LogP contribution in [0.15, 0.2) is 95.6 Å². The van der Waals surface area contributed by atoms with E-state index in [0.29, 0.717) is 11.5 Å². The SMILES string of the molecule is O=C(OCC(=O)N1N=C2/C(=C/c3ccccc3)CCC[C@@H]2[C@@H]1c1ccccc1)[C@H]1COc2ccccc2O1. The Labute approximate surface area is 221 Å². The van der Waals surface area contributed by atoms with Gasteiger partial charge in [0, 0.05) is 5.92 Å². The van der Waals surface area contributed by atoms with Crippen LogP contribution in [0.4, 0.5) is 0 Å². The molecule has 7 nitrogen and oxygen atoms in total. The first-order chi connectivity index (χ1) is 18.7. The molecule has 1 amide bonds. The molecule has 6 rings (SSSR count). The Hall–Kier alpha value is -4.39. The van der Waals surface area contributed by atoms with E-state index >= 15 is 0 Å². The fourth-order valence-electron chi connectivity index (χ4n) is 5.37. The molecule has 2 aliphatic heterocycles. The summed E-state index contributed by atoms with van der Waals surface area (Å²) in [7, 11) is 0. The van der Waals surface area contributed by atoms with Crippen molar-refractivity contribution in [2.75, 3.05) is 13.2 Å². The van der Waals surface area contributed by atoms with Crippen LogP contribution in [0.1, 0.15) is 36.4 Å². The Bertz CT molecular complexity index is 1390. The zero-order chi connectivity index (χ0) is 25.9. The zero-order valence-corrected chi connectivity index (χ0v) is 20.9. The van der Waals surface area contributed by atoms with Crippen molar-refractivity contribution in [1.82, 2.24) is 5.01 Å². The number of hydrazone groups is 1. The normalized spacial score (nSPS) is 22.9. The number of nitrogens with zero attached hydrogens (tertiary/aromatic N) is 2. The van der Waals surface area contributed by atoms with Gasteiger partial charge in [-0.05, 0) is 54.2 Å². The molecule has 0 N–H and O–H groups in total. The second-order valence-electron chi connectivity index (χ2n) is 9.63. The first-order valence-electron chi connectivity index (χ1n) is 12.9. The van der Waals surface area contributed by atoms with Gasteiger partial charge in [-0.2, -0.15) is 5.10 Å². The van der Waals surface area contributed by atoms with E-state index in [9.17, 15) is 9.59 Å². The molecular weight excluding hydrogens is 480 g/mol. The van der Waals surface area contributed by atoms with Crippen molar-refractivity contribution in [3.63, 3.8) is 0 Å². The fourth-order valence-corrected chi connectivity index (χ4v) is 5.37. The van der Waals surface area contributed by atoms with Gasteiger partial charge < -0.3 is 14.2 Å². The molecule has 0 radical (unpaired) electrons. The number of carbonyl (C=O) groups excluding carboxylic acids is 2. The van der Waals surface area contributed by atoms with Crippen molar-refractivity contribution in [2.45, 2.75) is 31.4 Å². The third kappa shape index (κ3) is 4.79. The number of carbonyl (C=O) groups is 2. The van der Waals surface area contributed by atoms with E-state index in [-0.39, 0.29) is 24.5 Å². The van der Waals surface area contributed by atoms with Gasteiger partial charge in [0.1, 0.15) is 6.61 Å². The van der Waals surface area contributed by atoms with Crippen LogP contribution in [0.25, 0.3) is 6.08 Å². The Balaban J connectivity index is 1.21. The standard InChI is InChI=1S/C31H28N2O5/c34-28(20-37-31(35)27-19-36-25-16-7-8-17-26(25)38-27)33-30(22-12-5-2-6-13-22)24-15-9-14-23(29(24)32-33)18-21-10-3-1-4-11-21/h1-8,10-13,16-18,24,27,30H,9,14-15,19-20H2/b23-18+/t24-,27+,30-/m0/s1. The number of ether oxygens (including phenoxy) is 3. The minimum absolute atomic E-state index is 0.0262. The Morgan fingerprint density at radius 1 is 0.947 bits per heavy atom. The highest BCUT2D eigenvalue weighted by Crippen LogP contribution is 2.44. The Kier molecular flexibility index (Phi) is 6.65. The van der Waals surface area contributed by atoms with Crippen LogP contribution < -0.4 is 9.47 Å². The van der Waals surface area contributed by atoms with E-state index in [1.54, 1.807) is 18.2 Å². The summed E-state index contributed by atoms with van der Waals surface area (Å²) in [4.78, 5) is 26.2. The maximum absolute atomic E-state index is 13.5. The predicted octanol–water partition coefficient (Wildman–Crippen LogP) is 5.19. The molecule has 0 saturated heterocycles. The summed E-state index contributed by atoms with van der Waals surface area (Å²) < 4.78 is 16.8. The molecule has 0 bridgehead atoms. The van der Waals surface area contributed by atoms with Crippen LogP contribution in [0.5, 0.6) is 11.5 Å². The van der Waals surface area contributed by atoms with Gasteiger partial charge in [0.15, 0.2) is 18.1 Å². The molecule has 38 heavy (non-hydrogen) atoms. The third-order valence-corrected chi connectivity index (χ3v) is 7.15. The summed E-state index contributed by atoms with van der Waals surface area (Å²) in [5.74, 6) is 0.118. The van der Waals surface area contributed by atoms with E-state index in [4.69, 9.17) is 19.3 Å². The molecule has 0 unspecified atom stereocenters. The quantitative estimate of drug-likeness (QED) is 0.443. The highest BCUT2D eigenvalue weighted by molar-refractivity contribution is 6.08. The van der Waals surface area contributed by atoms with Gasteiger partial charge in [0.25, 0.3) is 5.91 Å². The minimum atomic E-state index is -0.935. The second kappa shape index (κ2) is 10.5. The lowest BCUT2D eigenvalue weighted by Crippen LogP contribution is -2.40. The Morgan fingerprint density at radius 2 is 1.66 bits per heavy atom. The lowest BCUT2D eigenvalue weighted by atomic mass is 9.77. The first-order valence-corrected chi connectivity index (χ1v) is 12.9. The molecule has 0 spiro atoms. The van der Waals surface area contributed by atoms with E-state index in [2.05, 4.69) is 18.2 Å². The lowest BCUT2D eigenvalue weighted by Gasteiger charge is -2.29. The van der Waals surface area contributed by atoms with Gasteiger partial charge in [-0.1, -0.05) is 72.8 Å². The van der Waals surface area contributed by atoms with Crippen molar-refractivity contribution in [3.05, 3.63) is 102 Å². The van der Waals surface area contributed by atoms with Crippen LogP contribution in [0.3, 0.4) is 0 Å². The minimum Gasteiger partial charge on any atom is -0.485 e. The van der Waals surface area contributed by atoms with Crippen molar-refractivity contribution in [1.29, 1.82) is 0 Å². The van der Waals surface area contributed by atoms with Crippen LogP contribution in [-0.2, 0) is 14.3 Å². The van der Waals surface area contributed by atoms with Crippen LogP contribution in [0, 0.1) is 5.92 Å². The van der Waals surface area contributed by atoms with Gasteiger partial charge in [-0.15, -0.1) is 0 Å². The van der Waals surface area contributed by atoms with Crippen LogP contribution >= 0.6 is 0 Å². The molecule has 3 aromatic carbocycles. The summed E-state index contributed by atoms with van der Waals surface area (Å²) in [6.45, 7) is -0.399. The van der Waals surface area contributed by atoms with Gasteiger partial charge in [-0.25, -0.2) is 9.80 Å². The molecule has 1 saturated carbocycles. The third-order valence-electron chi connectivity index (χ3n) is 7.15. The number of rotatable bonds is 5. The number of allylic oxidation sites excluding steroid dienone is 1. The predicted molar refractivity (Wildman–Crippen MR) is 143 cm³/mol. The lowest BCUT2D eigenvalue weighted by molar-refractivity contribution is -0.160. The smallest absolute Gasteiger partial charge is 0.351 e. The zero-order valence-electron chi connectivity index (χ0n) is 20.9. The molecule has 2 heterocycles. The fraction of sp³-hybridized carbons (Fsp3) is 0.258. The number of fused-ring (bicyclic) bond motifs is 2. The van der Waals surface area contributed by atoms with Gasteiger partial charge in [0.05, 0.1) is 11.8 Å². The average molecular weight is 509 g/mol. The Morgan fingerprint density at radius 3 is 2.45 bits per heavy atom. The topological polar surface area (TPSA) is 77.4 Å². The molecule has 7 heteroatoms. The summed E-state index contributed by atoms with van der Waals surface area (Å²) in [6, 6.07) is 27.0. The van der Waals surface area contributed by atoms with E-state index in [0.717, 1.165) is 41.7 Å². The van der Waals surface area contributed by atoms with Crippen molar-refractivity contribution < 1.29 is 23.8 Å². The molecule has 1 aliphatic carbocycles. The first kappa shape index (κ1) is 24.0. The molecule has 3 aromatic rings. The maximum atomic E-state index is 13.5. The van der Waals surface area contributed by atoms with Gasteiger partial charge in [0.2, 0.25) is 6.10 Å². The van der Waals surface area contributed by atoms with Crippen LogP contribution in [0.2, 0.25) is 0 Å². The van der Waals surface area contributed by atoms with Gasteiger partial charge >= 0.3 is 5.97 Å². The molecular formula is C31H28N2O5. The summed E-state index contributed by atoms with van der Waals surface area (Å²) in [6.07, 6.45) is 4.09. The van der Waals surface area contributed by atoms with Crippen molar-refractivity contribution in [2.24, 2.45) is 11.0 Å². The van der Waals surface area contributed by atoms with Crippen molar-refractivity contribution >= 4 is 23.7 Å². The number of esters is 1. The largest absolute Gasteiger partial charge is 0.485 e. The molecule has 1 fully saturated rings. The molecule has 0 aromatic heterocycles. The number of para-hydroxylation sites is 2. The maximum Gasteiger partial charge on any atom is 0.351 e. The average Bonchev–Trinajstić information content (AvgIpc) is 3.37. The number of hydrogen-bond acceptors (Lipinski definition) is 6. The summed E-state index contributed by atoms with van der Waals surface area (Å²) in [5.41, 5.74) is 4.20. The van der Waals surface area contributed by atoms with E-state index in [1.807, 2.05) is 54.6 Å².